The molecule has 1 fully saturated rings. The van der Waals surface area contributed by atoms with Gasteiger partial charge >= 0.3 is 0 Å². The molecule has 30 heavy (non-hydrogen) atoms. The molecule has 0 radical (unpaired) electrons. The van der Waals surface area contributed by atoms with Gasteiger partial charge in [0.15, 0.2) is 5.13 Å². The second-order valence-corrected chi connectivity index (χ2v) is 8.45. The number of nitrogens with zero attached hydrogens (tertiary/aromatic N) is 2. The van der Waals surface area contributed by atoms with Crippen LogP contribution in [0.2, 0.25) is 0 Å². The molecule has 0 spiro atoms. The van der Waals surface area contributed by atoms with Crippen LogP contribution in [0.25, 0.3) is 0 Å². The third-order valence-corrected chi connectivity index (χ3v) is 6.88. The van der Waals surface area contributed by atoms with Gasteiger partial charge in [0.05, 0.1) is 11.3 Å². The molecule has 0 atom stereocenters. The monoisotopic (exact) mass is 422 g/mol. The van der Waals surface area contributed by atoms with Crippen LogP contribution in [-0.4, -0.2) is 40.9 Å². The molecule has 1 saturated heterocycles. The van der Waals surface area contributed by atoms with E-state index in [1.54, 1.807) is 17.4 Å². The van der Waals surface area contributed by atoms with Crippen molar-refractivity contribution < 1.29 is 4.79 Å². The second-order valence-electron chi connectivity index (χ2n) is 7.60. The topological polar surface area (TPSA) is 78.1 Å². The van der Waals surface area contributed by atoms with Crippen LogP contribution < -0.4 is 10.9 Å². The Labute approximate surface area is 180 Å². The van der Waals surface area contributed by atoms with E-state index in [0.29, 0.717) is 30.8 Å². The Morgan fingerprint density at radius 3 is 2.57 bits per heavy atom. The number of aromatic amines is 1. The third-order valence-electron chi connectivity index (χ3n) is 6.02. The van der Waals surface area contributed by atoms with Gasteiger partial charge < -0.3 is 15.2 Å². The van der Waals surface area contributed by atoms with E-state index in [4.69, 9.17) is 4.98 Å². The van der Waals surface area contributed by atoms with Crippen LogP contribution in [0.3, 0.4) is 0 Å². The van der Waals surface area contributed by atoms with Crippen LogP contribution in [0.1, 0.15) is 47.1 Å². The van der Waals surface area contributed by atoms with Crippen LogP contribution in [0.4, 0.5) is 5.13 Å². The smallest absolute Gasteiger partial charge is 0.255 e. The van der Waals surface area contributed by atoms with Crippen molar-refractivity contribution in [3.8, 4) is 0 Å². The van der Waals surface area contributed by atoms with Crippen molar-refractivity contribution in [3.63, 3.8) is 0 Å². The Morgan fingerprint density at radius 2 is 1.93 bits per heavy atom. The van der Waals surface area contributed by atoms with Crippen molar-refractivity contribution in [2.24, 2.45) is 0 Å². The van der Waals surface area contributed by atoms with Gasteiger partial charge in [0.1, 0.15) is 0 Å². The number of pyridine rings is 1. The molecule has 7 heteroatoms. The van der Waals surface area contributed by atoms with Gasteiger partial charge in [-0.2, -0.15) is 0 Å². The molecule has 2 aromatic heterocycles. The summed E-state index contributed by atoms with van der Waals surface area (Å²) in [5.41, 5.74) is 3.22. The average Bonchev–Trinajstić information content (AvgIpc) is 3.29. The van der Waals surface area contributed by atoms with Gasteiger partial charge in [0.2, 0.25) is 5.56 Å². The van der Waals surface area contributed by atoms with Crippen molar-refractivity contribution in [1.29, 1.82) is 0 Å². The fourth-order valence-corrected chi connectivity index (χ4v) is 5.09. The highest BCUT2D eigenvalue weighted by Crippen LogP contribution is 2.42. The van der Waals surface area contributed by atoms with E-state index in [1.807, 2.05) is 24.9 Å². The normalized spacial score (nSPS) is 15.7. The summed E-state index contributed by atoms with van der Waals surface area (Å²) in [5.74, 6) is -0.0149. The molecule has 6 nitrogen and oxygen atoms in total. The number of aromatic nitrogens is 2. The fraction of sp³-hybridized carbons (Fsp3) is 0.348. The maximum absolute atomic E-state index is 13.2. The number of carbonyl (C=O) groups is 1. The molecular formula is C23H26N4O2S. The fourth-order valence-electron chi connectivity index (χ4n) is 4.32. The Balaban J connectivity index is 1.62. The summed E-state index contributed by atoms with van der Waals surface area (Å²) in [5, 5.41) is 6.17. The van der Waals surface area contributed by atoms with Gasteiger partial charge in [0, 0.05) is 42.7 Å². The predicted molar refractivity (Wildman–Crippen MR) is 120 cm³/mol. The zero-order valence-corrected chi connectivity index (χ0v) is 18.1. The lowest BCUT2D eigenvalue weighted by Gasteiger charge is -2.41. The molecule has 156 valence electrons. The number of thiazole rings is 1. The molecule has 0 unspecified atom stereocenters. The SMILES string of the molecule is CCc1[nH]c(=O)ccc1C(=O)N1CCC(c2ccccc2)(c2csc(NC)n2)CC1. The first-order valence-corrected chi connectivity index (χ1v) is 11.2. The van der Waals surface area contributed by atoms with Crippen LogP contribution >= 0.6 is 11.3 Å². The zero-order valence-electron chi connectivity index (χ0n) is 17.3. The highest BCUT2D eigenvalue weighted by atomic mass is 32.1. The number of piperidine rings is 1. The van der Waals surface area contributed by atoms with Gasteiger partial charge in [0.25, 0.3) is 5.91 Å². The molecule has 1 aliphatic heterocycles. The number of carbonyl (C=O) groups excluding carboxylic acids is 1. The summed E-state index contributed by atoms with van der Waals surface area (Å²) in [6, 6.07) is 13.6. The highest BCUT2D eigenvalue weighted by Gasteiger charge is 2.41. The molecule has 0 saturated carbocycles. The first kappa shape index (κ1) is 20.3. The summed E-state index contributed by atoms with van der Waals surface area (Å²) in [7, 11) is 1.88. The molecule has 3 aromatic rings. The molecule has 1 aromatic carbocycles. The van der Waals surface area contributed by atoms with Crippen LogP contribution in [-0.2, 0) is 11.8 Å². The van der Waals surface area contributed by atoms with Crippen LogP contribution in [0.15, 0.2) is 52.6 Å². The minimum Gasteiger partial charge on any atom is -0.365 e. The summed E-state index contributed by atoms with van der Waals surface area (Å²) in [4.78, 5) is 34.4. The van der Waals surface area contributed by atoms with Crippen LogP contribution in [0, 0.1) is 0 Å². The van der Waals surface area contributed by atoms with Gasteiger partial charge in [-0.1, -0.05) is 37.3 Å². The predicted octanol–water partition coefficient (Wildman–Crippen LogP) is 3.66. The lowest BCUT2D eigenvalue weighted by atomic mass is 9.70. The number of H-pyrrole nitrogens is 1. The number of hydrogen-bond donors (Lipinski definition) is 2. The lowest BCUT2D eigenvalue weighted by molar-refractivity contribution is 0.0682. The Kier molecular flexibility index (Phi) is 5.72. The van der Waals surface area contributed by atoms with E-state index in [9.17, 15) is 9.59 Å². The molecule has 3 heterocycles. The number of likely N-dealkylation sites (tertiary alicyclic amines) is 1. The van der Waals surface area contributed by atoms with Crippen molar-refractivity contribution in [2.75, 3.05) is 25.5 Å². The van der Waals surface area contributed by atoms with Crippen molar-refractivity contribution in [2.45, 2.75) is 31.6 Å². The maximum Gasteiger partial charge on any atom is 0.255 e. The lowest BCUT2D eigenvalue weighted by Crippen LogP contribution is -2.46. The van der Waals surface area contributed by atoms with Gasteiger partial charge in [-0.25, -0.2) is 4.98 Å². The van der Waals surface area contributed by atoms with E-state index < -0.39 is 0 Å². The van der Waals surface area contributed by atoms with E-state index in [1.165, 1.54) is 11.6 Å². The minimum atomic E-state index is -0.206. The number of benzene rings is 1. The summed E-state index contributed by atoms with van der Waals surface area (Å²) < 4.78 is 0. The van der Waals surface area contributed by atoms with E-state index in [0.717, 1.165) is 23.7 Å². The maximum atomic E-state index is 13.2. The summed E-state index contributed by atoms with van der Waals surface area (Å²) >= 11 is 1.61. The average molecular weight is 423 g/mol. The number of amides is 1. The van der Waals surface area contributed by atoms with Gasteiger partial charge in [-0.05, 0) is 30.9 Å². The molecule has 1 amide bonds. The number of hydrogen-bond acceptors (Lipinski definition) is 5. The largest absolute Gasteiger partial charge is 0.365 e. The Morgan fingerprint density at radius 1 is 1.20 bits per heavy atom. The number of anilines is 1. The number of nitrogens with one attached hydrogen (secondary N) is 2. The van der Waals surface area contributed by atoms with Crippen molar-refractivity contribution in [1.82, 2.24) is 14.9 Å². The standard InChI is InChI=1S/C23H26N4O2S/c1-3-18-17(9-10-20(28)25-18)21(29)27-13-11-23(12-14-27,16-7-5-4-6-8-16)19-15-30-22(24-2)26-19/h4-10,15H,3,11-14H2,1-2H3,(H,24,26)(H,25,28). The second kappa shape index (κ2) is 8.44. The molecule has 0 bridgehead atoms. The first-order chi connectivity index (χ1) is 14.6. The Bertz CT molecular complexity index is 1080. The molecule has 4 rings (SSSR count). The van der Waals surface area contributed by atoms with E-state index >= 15 is 0 Å². The quantitative estimate of drug-likeness (QED) is 0.658. The van der Waals surface area contributed by atoms with Gasteiger partial charge in [-0.3, -0.25) is 9.59 Å². The molecular weight excluding hydrogens is 396 g/mol. The van der Waals surface area contributed by atoms with E-state index in [2.05, 4.69) is 39.9 Å². The molecule has 1 aliphatic rings. The van der Waals surface area contributed by atoms with Crippen LogP contribution in [0.5, 0.6) is 0 Å². The molecule has 0 aliphatic carbocycles. The number of rotatable bonds is 5. The summed E-state index contributed by atoms with van der Waals surface area (Å²) in [6.07, 6.45) is 2.23. The van der Waals surface area contributed by atoms with E-state index in [-0.39, 0.29) is 16.9 Å². The summed E-state index contributed by atoms with van der Waals surface area (Å²) in [6.45, 7) is 3.23. The minimum absolute atomic E-state index is 0.0149. The molecule has 2 N–H and O–H groups in total. The zero-order chi connectivity index (χ0) is 21.1. The Hall–Kier alpha value is -2.93. The first-order valence-electron chi connectivity index (χ1n) is 10.3. The third kappa shape index (κ3) is 3.65. The highest BCUT2D eigenvalue weighted by molar-refractivity contribution is 7.13. The van der Waals surface area contributed by atoms with Crippen molar-refractivity contribution >= 4 is 22.4 Å². The van der Waals surface area contributed by atoms with Gasteiger partial charge in [-0.15, -0.1) is 11.3 Å². The number of aryl methyl sites for hydroxylation is 1. The van der Waals surface area contributed by atoms with Crippen molar-refractivity contribution in [3.05, 3.63) is 80.7 Å².